The molecule has 0 saturated heterocycles. The quantitative estimate of drug-likeness (QED) is 0.706. The van der Waals surface area contributed by atoms with E-state index in [1.54, 1.807) is 23.0 Å². The summed E-state index contributed by atoms with van der Waals surface area (Å²) in [6.45, 7) is 4.06. The summed E-state index contributed by atoms with van der Waals surface area (Å²) in [5.74, 6) is 0.860. The second-order valence-corrected chi connectivity index (χ2v) is 7.23. The summed E-state index contributed by atoms with van der Waals surface area (Å²) in [5, 5.41) is 17.7. The van der Waals surface area contributed by atoms with Crippen LogP contribution in [0.1, 0.15) is 34.6 Å². The number of carbonyl (C=O) groups is 1. The minimum Gasteiger partial charge on any atom is -0.502 e. The highest BCUT2D eigenvalue weighted by molar-refractivity contribution is 5.94. The van der Waals surface area contributed by atoms with Gasteiger partial charge < -0.3 is 19.9 Å². The van der Waals surface area contributed by atoms with Gasteiger partial charge in [-0.15, -0.1) is 0 Å². The molecule has 7 nitrogen and oxygen atoms in total. The van der Waals surface area contributed by atoms with Gasteiger partial charge in [-0.2, -0.15) is 5.10 Å². The monoisotopic (exact) mass is 393 g/mol. The first-order valence-corrected chi connectivity index (χ1v) is 9.33. The molecule has 4 rings (SSSR count). The van der Waals surface area contributed by atoms with Crippen LogP contribution < -0.4 is 14.8 Å². The summed E-state index contributed by atoms with van der Waals surface area (Å²) < 4.78 is 12.3. The lowest BCUT2D eigenvalue weighted by atomic mass is 9.87. The van der Waals surface area contributed by atoms with Gasteiger partial charge in [-0.3, -0.25) is 4.79 Å². The maximum atomic E-state index is 12.5. The zero-order valence-electron chi connectivity index (χ0n) is 16.8. The molecule has 0 aliphatic carbocycles. The minimum atomic E-state index is -0.235. The SMILES string of the molecule is COc1cc(C2CC(=O)Nc3c2cnn3-c2ccc(C)cc2C)cc(OC)c1O. The molecule has 1 amide bonds. The molecule has 2 heterocycles. The molecule has 1 aliphatic rings. The number of hydrogen-bond donors (Lipinski definition) is 2. The number of fused-ring (bicyclic) bond motifs is 1. The van der Waals surface area contributed by atoms with Gasteiger partial charge in [-0.1, -0.05) is 17.7 Å². The molecule has 1 unspecified atom stereocenters. The number of nitrogens with zero attached hydrogens (tertiary/aromatic N) is 2. The second kappa shape index (κ2) is 7.16. The number of anilines is 1. The van der Waals surface area contributed by atoms with Gasteiger partial charge in [0.15, 0.2) is 11.5 Å². The Hall–Kier alpha value is -3.48. The van der Waals surface area contributed by atoms with Crippen LogP contribution in [0.15, 0.2) is 36.5 Å². The summed E-state index contributed by atoms with van der Waals surface area (Å²) >= 11 is 0. The van der Waals surface area contributed by atoms with Crippen LogP contribution in [0.3, 0.4) is 0 Å². The van der Waals surface area contributed by atoms with E-state index in [0.717, 1.165) is 27.9 Å². The van der Waals surface area contributed by atoms with Crippen LogP contribution in [0.25, 0.3) is 5.69 Å². The predicted octanol–water partition coefficient (Wildman–Crippen LogP) is 3.69. The van der Waals surface area contributed by atoms with E-state index in [4.69, 9.17) is 9.47 Å². The van der Waals surface area contributed by atoms with Crippen molar-refractivity contribution in [3.8, 4) is 22.9 Å². The Labute approximate surface area is 168 Å². The van der Waals surface area contributed by atoms with E-state index in [0.29, 0.717) is 17.3 Å². The van der Waals surface area contributed by atoms with E-state index >= 15 is 0 Å². The fraction of sp³-hybridized carbons (Fsp3) is 0.273. The largest absolute Gasteiger partial charge is 0.502 e. The van der Waals surface area contributed by atoms with Crippen LogP contribution in [-0.4, -0.2) is 35.0 Å². The van der Waals surface area contributed by atoms with Gasteiger partial charge in [0.1, 0.15) is 5.82 Å². The number of phenols is 1. The number of rotatable bonds is 4. The third-order valence-electron chi connectivity index (χ3n) is 5.31. The van der Waals surface area contributed by atoms with Crippen molar-refractivity contribution in [2.24, 2.45) is 0 Å². The van der Waals surface area contributed by atoms with E-state index < -0.39 is 0 Å². The average molecular weight is 393 g/mol. The predicted molar refractivity (Wildman–Crippen MR) is 109 cm³/mol. The first-order chi connectivity index (χ1) is 13.9. The highest BCUT2D eigenvalue weighted by atomic mass is 16.5. The molecule has 1 atom stereocenters. The minimum absolute atomic E-state index is 0.0646. The van der Waals surface area contributed by atoms with Crippen molar-refractivity contribution < 1.29 is 19.4 Å². The molecule has 0 saturated carbocycles. The number of carbonyl (C=O) groups excluding carboxylic acids is 1. The van der Waals surface area contributed by atoms with E-state index in [-0.39, 0.29) is 24.0 Å². The number of nitrogens with one attached hydrogen (secondary N) is 1. The standard InChI is InChI=1S/C22H23N3O4/c1-12-5-6-17(13(2)7-12)25-22-16(11-23-25)15(10-20(26)24-22)14-8-18(28-3)21(27)19(9-14)29-4/h5-9,11,15,27H,10H2,1-4H3,(H,24,26). The number of aryl methyl sites for hydroxylation is 2. The Bertz CT molecular complexity index is 1080. The molecule has 2 aromatic carbocycles. The Balaban J connectivity index is 1.85. The molecular formula is C22H23N3O4. The first-order valence-electron chi connectivity index (χ1n) is 9.33. The fourth-order valence-corrected chi connectivity index (χ4v) is 3.86. The molecule has 3 aromatic rings. The van der Waals surface area contributed by atoms with Crippen LogP contribution >= 0.6 is 0 Å². The number of methoxy groups -OCH3 is 2. The molecule has 1 aliphatic heterocycles. The van der Waals surface area contributed by atoms with Crippen molar-refractivity contribution in [2.45, 2.75) is 26.2 Å². The number of phenolic OH excluding ortho intramolecular Hbond substituents is 1. The van der Waals surface area contributed by atoms with Gasteiger partial charge >= 0.3 is 0 Å². The first kappa shape index (κ1) is 18.9. The van der Waals surface area contributed by atoms with E-state index in [2.05, 4.69) is 16.5 Å². The highest BCUT2D eigenvalue weighted by Gasteiger charge is 2.32. The molecule has 29 heavy (non-hydrogen) atoms. The third-order valence-corrected chi connectivity index (χ3v) is 5.31. The van der Waals surface area contributed by atoms with Gasteiger partial charge in [-0.25, -0.2) is 4.68 Å². The third kappa shape index (κ3) is 3.18. The zero-order valence-corrected chi connectivity index (χ0v) is 16.8. The van der Waals surface area contributed by atoms with Gasteiger partial charge in [0.2, 0.25) is 11.7 Å². The van der Waals surface area contributed by atoms with Crippen molar-refractivity contribution >= 4 is 11.7 Å². The Kier molecular flexibility index (Phi) is 4.66. The summed E-state index contributed by atoms with van der Waals surface area (Å²) in [6, 6.07) is 9.58. The lowest BCUT2D eigenvalue weighted by molar-refractivity contribution is -0.116. The number of aromatic nitrogens is 2. The van der Waals surface area contributed by atoms with Crippen molar-refractivity contribution in [1.82, 2.24) is 9.78 Å². The fourth-order valence-electron chi connectivity index (χ4n) is 3.86. The molecule has 0 radical (unpaired) electrons. The molecule has 7 heteroatoms. The van der Waals surface area contributed by atoms with Crippen molar-refractivity contribution in [3.63, 3.8) is 0 Å². The van der Waals surface area contributed by atoms with Crippen LogP contribution in [-0.2, 0) is 4.79 Å². The molecule has 1 aromatic heterocycles. The van der Waals surface area contributed by atoms with Crippen LogP contribution in [0, 0.1) is 13.8 Å². The molecule has 0 spiro atoms. The van der Waals surface area contributed by atoms with Gasteiger partial charge in [0.25, 0.3) is 0 Å². The normalized spacial score (nSPS) is 15.6. The molecule has 150 valence electrons. The molecule has 0 bridgehead atoms. The van der Waals surface area contributed by atoms with E-state index in [1.165, 1.54) is 14.2 Å². The lowest BCUT2D eigenvalue weighted by Crippen LogP contribution is -2.24. The number of hydrogen-bond acceptors (Lipinski definition) is 5. The topological polar surface area (TPSA) is 85.6 Å². The van der Waals surface area contributed by atoms with Crippen molar-refractivity contribution in [3.05, 3.63) is 58.8 Å². The van der Waals surface area contributed by atoms with Crippen molar-refractivity contribution in [2.75, 3.05) is 19.5 Å². The van der Waals surface area contributed by atoms with Crippen molar-refractivity contribution in [1.29, 1.82) is 0 Å². The maximum Gasteiger partial charge on any atom is 0.226 e. The Morgan fingerprint density at radius 1 is 1.14 bits per heavy atom. The number of aromatic hydroxyl groups is 1. The Morgan fingerprint density at radius 2 is 1.83 bits per heavy atom. The van der Waals surface area contributed by atoms with Crippen LogP contribution in [0.2, 0.25) is 0 Å². The highest BCUT2D eigenvalue weighted by Crippen LogP contribution is 2.44. The van der Waals surface area contributed by atoms with Gasteiger partial charge in [0.05, 0.1) is 26.1 Å². The summed E-state index contributed by atoms with van der Waals surface area (Å²) in [5.41, 5.74) is 4.86. The molecule has 2 N–H and O–H groups in total. The summed E-state index contributed by atoms with van der Waals surface area (Å²) in [6.07, 6.45) is 2.05. The van der Waals surface area contributed by atoms with E-state index in [9.17, 15) is 9.90 Å². The van der Waals surface area contributed by atoms with Gasteiger partial charge in [0, 0.05) is 17.9 Å². The number of amides is 1. The Morgan fingerprint density at radius 3 is 2.45 bits per heavy atom. The summed E-state index contributed by atoms with van der Waals surface area (Å²) in [7, 11) is 2.96. The summed E-state index contributed by atoms with van der Waals surface area (Å²) in [4.78, 5) is 12.5. The molecule has 0 fully saturated rings. The van der Waals surface area contributed by atoms with E-state index in [1.807, 2.05) is 26.0 Å². The smallest absolute Gasteiger partial charge is 0.226 e. The maximum absolute atomic E-state index is 12.5. The lowest BCUT2D eigenvalue weighted by Gasteiger charge is -2.25. The number of ether oxygens (including phenoxy) is 2. The van der Waals surface area contributed by atoms with Gasteiger partial charge in [-0.05, 0) is 43.2 Å². The average Bonchev–Trinajstić information content (AvgIpc) is 3.11. The number of benzene rings is 2. The van der Waals surface area contributed by atoms with Crippen LogP contribution in [0.5, 0.6) is 17.2 Å². The van der Waals surface area contributed by atoms with Crippen LogP contribution in [0.4, 0.5) is 5.82 Å². The second-order valence-electron chi connectivity index (χ2n) is 7.23. The molecular weight excluding hydrogens is 370 g/mol. The zero-order chi connectivity index (χ0) is 20.7.